The van der Waals surface area contributed by atoms with Gasteiger partial charge in [-0.1, -0.05) is 22.0 Å². The number of ether oxygens (including phenoxy) is 1. The van der Waals surface area contributed by atoms with Crippen molar-refractivity contribution in [3.05, 3.63) is 40.5 Å². The van der Waals surface area contributed by atoms with E-state index in [9.17, 15) is 10.1 Å². The molecule has 1 heterocycles. The summed E-state index contributed by atoms with van der Waals surface area (Å²) in [7, 11) is 0. The highest BCUT2D eigenvalue weighted by atomic mass is 79.9. The Hall–Kier alpha value is -1.96. The molecule has 0 aliphatic rings. The monoisotopic (exact) mass is 326 g/mol. The van der Waals surface area contributed by atoms with Crippen LogP contribution in [0.5, 0.6) is 5.75 Å². The number of nitrogens with zero attached hydrogens (tertiary/aromatic N) is 4. The molecule has 0 atom stereocenters. The van der Waals surface area contributed by atoms with Crippen LogP contribution in [0.15, 0.2) is 24.5 Å². The lowest BCUT2D eigenvalue weighted by molar-refractivity contribution is -0.385. The molecule has 1 aromatic carbocycles. The van der Waals surface area contributed by atoms with Crippen LogP contribution in [-0.4, -0.2) is 31.6 Å². The first-order chi connectivity index (χ1) is 9.13. The van der Waals surface area contributed by atoms with Crippen LogP contribution in [0.4, 0.5) is 5.69 Å². The second-order valence-corrected chi connectivity index (χ2v) is 4.45. The van der Waals surface area contributed by atoms with E-state index in [2.05, 4.69) is 26.0 Å². The first-order valence-corrected chi connectivity index (χ1v) is 6.60. The van der Waals surface area contributed by atoms with Crippen molar-refractivity contribution in [1.29, 1.82) is 0 Å². The van der Waals surface area contributed by atoms with Gasteiger partial charge >= 0.3 is 5.69 Å². The number of hydrogen-bond donors (Lipinski definition) is 0. The number of hydrogen-bond acceptors (Lipinski definition) is 5. The molecule has 0 bridgehead atoms. The zero-order valence-corrected chi connectivity index (χ0v) is 11.7. The predicted octanol–water partition coefficient (Wildman–Crippen LogP) is 2.26. The lowest BCUT2D eigenvalue weighted by atomic mass is 10.2. The van der Waals surface area contributed by atoms with E-state index in [1.165, 1.54) is 17.1 Å². The van der Waals surface area contributed by atoms with Crippen molar-refractivity contribution in [3.8, 4) is 11.4 Å². The van der Waals surface area contributed by atoms with Crippen LogP contribution in [0.25, 0.3) is 5.69 Å². The van der Waals surface area contributed by atoms with Crippen LogP contribution in [0.1, 0.15) is 5.82 Å². The minimum absolute atomic E-state index is 0.0911. The molecule has 0 aliphatic heterocycles. The number of para-hydroxylation sites is 1. The molecule has 2 rings (SSSR count). The Kier molecular flexibility index (Phi) is 4.10. The molecule has 0 fully saturated rings. The van der Waals surface area contributed by atoms with E-state index in [1.54, 1.807) is 19.1 Å². The Morgan fingerprint density at radius 2 is 2.32 bits per heavy atom. The highest BCUT2D eigenvalue weighted by molar-refractivity contribution is 9.09. The van der Waals surface area contributed by atoms with Gasteiger partial charge in [0.05, 0.1) is 11.5 Å². The molecule has 0 saturated heterocycles. The Morgan fingerprint density at radius 3 is 2.89 bits per heavy atom. The highest BCUT2D eigenvalue weighted by Crippen LogP contribution is 2.33. The van der Waals surface area contributed by atoms with Gasteiger partial charge in [0.25, 0.3) is 0 Å². The molecule has 8 heteroatoms. The van der Waals surface area contributed by atoms with Gasteiger partial charge in [0, 0.05) is 11.4 Å². The SMILES string of the molecule is Cc1ncn(-c2cccc([N+](=O)[O-])c2OCCBr)n1. The molecule has 0 radical (unpaired) electrons. The number of alkyl halides is 1. The van der Waals surface area contributed by atoms with Crippen LogP contribution < -0.4 is 4.74 Å². The van der Waals surface area contributed by atoms with Gasteiger partial charge in [0.15, 0.2) is 0 Å². The van der Waals surface area contributed by atoms with E-state index in [1.807, 2.05) is 0 Å². The summed E-state index contributed by atoms with van der Waals surface area (Å²) in [5.74, 6) is 0.773. The van der Waals surface area contributed by atoms with E-state index in [0.29, 0.717) is 23.4 Å². The van der Waals surface area contributed by atoms with Crippen LogP contribution in [0.3, 0.4) is 0 Å². The summed E-state index contributed by atoms with van der Waals surface area (Å²) < 4.78 is 6.93. The predicted molar refractivity (Wildman–Crippen MR) is 72.0 cm³/mol. The molecular formula is C11H11BrN4O3. The zero-order valence-electron chi connectivity index (χ0n) is 10.1. The molecule has 2 aromatic rings. The van der Waals surface area contributed by atoms with Gasteiger partial charge in [0.2, 0.25) is 5.75 Å². The maximum atomic E-state index is 11.0. The fourth-order valence-corrected chi connectivity index (χ4v) is 1.75. The molecule has 0 N–H and O–H groups in total. The quantitative estimate of drug-likeness (QED) is 0.478. The Morgan fingerprint density at radius 1 is 1.53 bits per heavy atom. The topological polar surface area (TPSA) is 83.1 Å². The molecular weight excluding hydrogens is 316 g/mol. The number of aromatic nitrogens is 3. The second kappa shape index (κ2) is 5.79. The van der Waals surface area contributed by atoms with Gasteiger partial charge in [-0.15, -0.1) is 0 Å². The fraction of sp³-hybridized carbons (Fsp3) is 0.273. The van der Waals surface area contributed by atoms with E-state index >= 15 is 0 Å². The number of benzene rings is 1. The van der Waals surface area contributed by atoms with Crippen molar-refractivity contribution in [2.75, 3.05) is 11.9 Å². The van der Waals surface area contributed by atoms with Gasteiger partial charge in [-0.25, -0.2) is 9.67 Å². The van der Waals surface area contributed by atoms with Crippen molar-refractivity contribution in [3.63, 3.8) is 0 Å². The molecule has 100 valence electrons. The molecule has 0 aliphatic carbocycles. The van der Waals surface area contributed by atoms with Gasteiger partial charge < -0.3 is 4.74 Å². The third-order valence-electron chi connectivity index (χ3n) is 2.35. The third-order valence-corrected chi connectivity index (χ3v) is 2.67. The number of rotatable bonds is 5. The Labute approximate surface area is 117 Å². The Bertz CT molecular complexity index is 599. The molecule has 1 aromatic heterocycles. The molecule has 0 saturated carbocycles. The number of nitro benzene ring substituents is 1. The lowest BCUT2D eigenvalue weighted by Gasteiger charge is -2.10. The van der Waals surface area contributed by atoms with Crippen molar-refractivity contribution < 1.29 is 9.66 Å². The fourth-order valence-electron chi connectivity index (χ4n) is 1.59. The molecule has 0 unspecified atom stereocenters. The minimum Gasteiger partial charge on any atom is -0.484 e. The minimum atomic E-state index is -0.475. The van der Waals surface area contributed by atoms with Gasteiger partial charge in [-0.05, 0) is 13.0 Å². The molecule has 7 nitrogen and oxygen atoms in total. The van der Waals surface area contributed by atoms with E-state index in [-0.39, 0.29) is 11.4 Å². The molecule has 0 amide bonds. The summed E-state index contributed by atoms with van der Waals surface area (Å²) in [6, 6.07) is 4.69. The first kappa shape index (κ1) is 13.5. The maximum Gasteiger partial charge on any atom is 0.313 e. The summed E-state index contributed by atoms with van der Waals surface area (Å²) in [4.78, 5) is 14.6. The van der Waals surface area contributed by atoms with Crippen molar-refractivity contribution in [1.82, 2.24) is 14.8 Å². The first-order valence-electron chi connectivity index (χ1n) is 5.48. The van der Waals surface area contributed by atoms with E-state index < -0.39 is 4.92 Å². The summed E-state index contributed by atoms with van der Waals surface area (Å²) in [6.07, 6.45) is 1.50. The summed E-state index contributed by atoms with van der Waals surface area (Å²) in [6.45, 7) is 2.07. The largest absolute Gasteiger partial charge is 0.484 e. The summed E-state index contributed by atoms with van der Waals surface area (Å²) in [5, 5.41) is 15.8. The average molecular weight is 327 g/mol. The van der Waals surface area contributed by atoms with Gasteiger partial charge in [-0.2, -0.15) is 5.10 Å². The van der Waals surface area contributed by atoms with Gasteiger partial charge in [-0.3, -0.25) is 10.1 Å². The summed E-state index contributed by atoms with van der Waals surface area (Å²) >= 11 is 3.22. The van der Waals surface area contributed by atoms with Crippen molar-refractivity contribution in [2.45, 2.75) is 6.92 Å². The van der Waals surface area contributed by atoms with Crippen LogP contribution in [0.2, 0.25) is 0 Å². The zero-order chi connectivity index (χ0) is 13.8. The summed E-state index contributed by atoms with van der Waals surface area (Å²) in [5.41, 5.74) is 0.405. The number of halogens is 1. The van der Waals surface area contributed by atoms with Crippen LogP contribution in [0, 0.1) is 17.0 Å². The Balaban J connectivity index is 2.52. The third kappa shape index (κ3) is 2.90. The molecule has 19 heavy (non-hydrogen) atoms. The number of aryl methyl sites for hydroxylation is 1. The average Bonchev–Trinajstić information content (AvgIpc) is 2.82. The maximum absolute atomic E-state index is 11.0. The smallest absolute Gasteiger partial charge is 0.313 e. The van der Waals surface area contributed by atoms with Crippen molar-refractivity contribution >= 4 is 21.6 Å². The molecule has 0 spiro atoms. The van der Waals surface area contributed by atoms with E-state index in [4.69, 9.17) is 4.74 Å². The highest BCUT2D eigenvalue weighted by Gasteiger charge is 2.20. The second-order valence-electron chi connectivity index (χ2n) is 3.66. The van der Waals surface area contributed by atoms with E-state index in [0.717, 1.165) is 0 Å². The van der Waals surface area contributed by atoms with Crippen LogP contribution >= 0.6 is 15.9 Å². The standard InChI is InChI=1S/C11H11BrN4O3/c1-8-13-7-15(14-8)9-3-2-4-10(16(17)18)11(9)19-6-5-12/h2-4,7H,5-6H2,1H3. The van der Waals surface area contributed by atoms with Crippen LogP contribution in [-0.2, 0) is 0 Å². The van der Waals surface area contributed by atoms with Crippen molar-refractivity contribution in [2.24, 2.45) is 0 Å². The normalized spacial score (nSPS) is 10.4. The van der Waals surface area contributed by atoms with Gasteiger partial charge in [0.1, 0.15) is 17.8 Å². The number of nitro groups is 1. The lowest BCUT2D eigenvalue weighted by Crippen LogP contribution is -2.06.